The van der Waals surface area contributed by atoms with Gasteiger partial charge in [0.1, 0.15) is 17.3 Å². The Hall–Kier alpha value is -4.27. The average molecular weight is 507 g/mol. The van der Waals surface area contributed by atoms with E-state index >= 15 is 0 Å². The summed E-state index contributed by atoms with van der Waals surface area (Å²) in [5.41, 5.74) is 2.04. The summed E-state index contributed by atoms with van der Waals surface area (Å²) in [5.74, 6) is 0.813. The number of halogens is 1. The molecule has 1 saturated heterocycles. The van der Waals surface area contributed by atoms with Crippen LogP contribution in [0.2, 0.25) is 0 Å². The second kappa shape index (κ2) is 10.4. The van der Waals surface area contributed by atoms with Gasteiger partial charge in [0.05, 0.1) is 20.1 Å². The van der Waals surface area contributed by atoms with Gasteiger partial charge in [-0.25, -0.2) is 4.39 Å². The largest absolute Gasteiger partial charge is 0.497 e. The van der Waals surface area contributed by atoms with Gasteiger partial charge in [0.25, 0.3) is 5.91 Å². The first-order chi connectivity index (χ1) is 18.0. The maximum atomic E-state index is 13.5. The van der Waals surface area contributed by atoms with E-state index in [1.165, 1.54) is 24.3 Å². The monoisotopic (exact) mass is 506 g/mol. The summed E-state index contributed by atoms with van der Waals surface area (Å²) in [4.78, 5) is 28.4. The summed E-state index contributed by atoms with van der Waals surface area (Å²) < 4.78 is 35.1. The van der Waals surface area contributed by atoms with Crippen molar-refractivity contribution in [2.24, 2.45) is 5.92 Å². The molecule has 2 unspecified atom stereocenters. The summed E-state index contributed by atoms with van der Waals surface area (Å²) in [5, 5.41) is 3.01. The lowest BCUT2D eigenvalue weighted by molar-refractivity contribution is -0.125. The molecule has 3 aromatic rings. The van der Waals surface area contributed by atoms with E-state index in [2.05, 4.69) is 5.32 Å². The number of amides is 2. The Morgan fingerprint density at radius 3 is 2.51 bits per heavy atom. The Balaban J connectivity index is 1.39. The third kappa shape index (κ3) is 5.02. The van der Waals surface area contributed by atoms with E-state index in [9.17, 15) is 14.0 Å². The molecule has 5 rings (SSSR count). The van der Waals surface area contributed by atoms with Crippen LogP contribution in [0.25, 0.3) is 0 Å². The van der Waals surface area contributed by atoms with Gasteiger partial charge < -0.3 is 29.2 Å². The molecule has 0 saturated carbocycles. The van der Waals surface area contributed by atoms with Crippen LogP contribution in [0.5, 0.6) is 23.0 Å². The highest BCUT2D eigenvalue weighted by Gasteiger charge is 2.41. The normalized spacial score (nSPS) is 18.0. The highest BCUT2D eigenvalue weighted by atomic mass is 19.1. The van der Waals surface area contributed by atoms with Gasteiger partial charge in [0.2, 0.25) is 12.7 Å². The molecule has 9 heteroatoms. The lowest BCUT2D eigenvalue weighted by Gasteiger charge is -2.21. The Kier molecular flexibility index (Phi) is 6.85. The second-order valence-electron chi connectivity index (χ2n) is 8.94. The lowest BCUT2D eigenvalue weighted by atomic mass is 9.87. The summed E-state index contributed by atoms with van der Waals surface area (Å²) in [6.45, 7) is 0.991. The van der Waals surface area contributed by atoms with E-state index < -0.39 is 11.7 Å². The van der Waals surface area contributed by atoms with Crippen molar-refractivity contribution in [1.82, 2.24) is 10.2 Å². The number of ether oxygens (including phenoxy) is 4. The molecule has 0 radical (unpaired) electrons. The first kappa shape index (κ1) is 24.4. The Morgan fingerprint density at radius 2 is 1.76 bits per heavy atom. The molecular formula is C28H27FN2O6. The standard InChI is InChI=1S/C28H27FN2O6/c1-34-20-8-9-21(25(12-20)35-2)22-14-31(28(33)18-4-6-19(29)7-5-18)15-23(22)27(32)30-13-17-3-10-24-26(11-17)37-16-36-24/h3-12,22-23H,13-16H2,1-2H3,(H,30,32). The number of carbonyl (C=O) groups is 2. The molecule has 0 aromatic heterocycles. The number of rotatable bonds is 7. The zero-order valence-corrected chi connectivity index (χ0v) is 20.5. The third-order valence-electron chi connectivity index (χ3n) is 6.78. The lowest BCUT2D eigenvalue weighted by Crippen LogP contribution is -2.35. The van der Waals surface area contributed by atoms with E-state index in [0.717, 1.165) is 11.1 Å². The van der Waals surface area contributed by atoms with E-state index in [0.29, 0.717) is 41.7 Å². The molecule has 1 N–H and O–H groups in total. The van der Waals surface area contributed by atoms with Gasteiger partial charge in [-0.1, -0.05) is 12.1 Å². The van der Waals surface area contributed by atoms with Crippen LogP contribution in [-0.4, -0.2) is 50.8 Å². The molecule has 2 amide bonds. The predicted molar refractivity (Wildman–Crippen MR) is 132 cm³/mol. The molecule has 2 atom stereocenters. The van der Waals surface area contributed by atoms with Crippen LogP contribution in [-0.2, 0) is 11.3 Å². The molecule has 0 spiro atoms. The van der Waals surface area contributed by atoms with Gasteiger partial charge in [-0.2, -0.15) is 0 Å². The van der Waals surface area contributed by atoms with Crippen LogP contribution < -0.4 is 24.3 Å². The van der Waals surface area contributed by atoms with Crippen molar-refractivity contribution in [3.8, 4) is 23.0 Å². The Labute approximate surface area is 213 Å². The van der Waals surface area contributed by atoms with Crippen molar-refractivity contribution >= 4 is 11.8 Å². The van der Waals surface area contributed by atoms with Crippen LogP contribution in [0.3, 0.4) is 0 Å². The number of fused-ring (bicyclic) bond motifs is 1. The van der Waals surface area contributed by atoms with Gasteiger partial charge in [0.15, 0.2) is 11.5 Å². The molecule has 37 heavy (non-hydrogen) atoms. The third-order valence-corrected chi connectivity index (χ3v) is 6.78. The number of nitrogens with one attached hydrogen (secondary N) is 1. The summed E-state index contributed by atoms with van der Waals surface area (Å²) >= 11 is 0. The van der Waals surface area contributed by atoms with E-state index in [-0.39, 0.29) is 31.1 Å². The second-order valence-corrected chi connectivity index (χ2v) is 8.94. The zero-order valence-electron chi connectivity index (χ0n) is 20.5. The molecule has 1 fully saturated rings. The highest BCUT2D eigenvalue weighted by Crippen LogP contribution is 2.40. The van der Waals surface area contributed by atoms with Gasteiger partial charge in [-0.05, 0) is 48.0 Å². The number of hydrogen-bond acceptors (Lipinski definition) is 6. The van der Waals surface area contributed by atoms with E-state index in [1.54, 1.807) is 25.2 Å². The fourth-order valence-electron chi connectivity index (χ4n) is 4.82. The zero-order chi connectivity index (χ0) is 25.9. The van der Waals surface area contributed by atoms with Gasteiger partial charge in [-0.3, -0.25) is 9.59 Å². The van der Waals surface area contributed by atoms with Crippen molar-refractivity contribution in [2.75, 3.05) is 34.1 Å². The minimum Gasteiger partial charge on any atom is -0.497 e. The predicted octanol–water partition coefficient (Wildman–Crippen LogP) is 3.74. The SMILES string of the molecule is COc1ccc(C2CN(C(=O)c3ccc(F)cc3)CC2C(=O)NCc2ccc3c(c2)OCO3)c(OC)c1. The van der Waals surface area contributed by atoms with Gasteiger partial charge in [0, 0.05) is 42.7 Å². The maximum Gasteiger partial charge on any atom is 0.253 e. The molecule has 2 aliphatic rings. The van der Waals surface area contributed by atoms with Crippen LogP contribution in [0.1, 0.15) is 27.4 Å². The number of benzene rings is 3. The molecule has 2 heterocycles. The number of hydrogen-bond donors (Lipinski definition) is 1. The summed E-state index contributed by atoms with van der Waals surface area (Å²) in [6.07, 6.45) is 0. The Morgan fingerprint density at radius 1 is 0.973 bits per heavy atom. The van der Waals surface area contributed by atoms with Crippen molar-refractivity contribution in [3.63, 3.8) is 0 Å². The van der Waals surface area contributed by atoms with E-state index in [1.807, 2.05) is 30.3 Å². The van der Waals surface area contributed by atoms with E-state index in [4.69, 9.17) is 18.9 Å². The highest BCUT2D eigenvalue weighted by molar-refractivity contribution is 5.95. The minimum atomic E-state index is -0.527. The van der Waals surface area contributed by atoms with Crippen molar-refractivity contribution in [2.45, 2.75) is 12.5 Å². The topological polar surface area (TPSA) is 86.3 Å². The maximum absolute atomic E-state index is 13.5. The fraction of sp³-hybridized carbons (Fsp3) is 0.286. The molecule has 2 aliphatic heterocycles. The fourth-order valence-corrected chi connectivity index (χ4v) is 4.82. The van der Waals surface area contributed by atoms with Crippen LogP contribution >= 0.6 is 0 Å². The summed E-state index contributed by atoms with van der Waals surface area (Å²) in [6, 6.07) is 16.4. The molecule has 0 bridgehead atoms. The van der Waals surface area contributed by atoms with Gasteiger partial charge in [-0.15, -0.1) is 0 Å². The van der Waals surface area contributed by atoms with Crippen molar-refractivity contribution in [1.29, 1.82) is 0 Å². The number of likely N-dealkylation sites (tertiary alicyclic amines) is 1. The minimum absolute atomic E-state index is 0.177. The van der Waals surface area contributed by atoms with Crippen LogP contribution in [0.4, 0.5) is 4.39 Å². The quantitative estimate of drug-likeness (QED) is 0.526. The molecule has 8 nitrogen and oxygen atoms in total. The van der Waals surface area contributed by atoms with Crippen LogP contribution in [0.15, 0.2) is 60.7 Å². The molecular weight excluding hydrogens is 479 g/mol. The van der Waals surface area contributed by atoms with Crippen molar-refractivity contribution in [3.05, 3.63) is 83.2 Å². The average Bonchev–Trinajstić information content (AvgIpc) is 3.58. The molecule has 0 aliphatic carbocycles. The molecule has 192 valence electrons. The number of carbonyl (C=O) groups excluding carboxylic acids is 2. The summed E-state index contributed by atoms with van der Waals surface area (Å²) in [7, 11) is 3.13. The first-order valence-electron chi connectivity index (χ1n) is 11.9. The van der Waals surface area contributed by atoms with Gasteiger partial charge >= 0.3 is 0 Å². The molecule has 3 aromatic carbocycles. The Bertz CT molecular complexity index is 1310. The van der Waals surface area contributed by atoms with Crippen molar-refractivity contribution < 1.29 is 32.9 Å². The van der Waals surface area contributed by atoms with Crippen LogP contribution in [0, 0.1) is 11.7 Å². The smallest absolute Gasteiger partial charge is 0.253 e. The first-order valence-corrected chi connectivity index (χ1v) is 11.9. The number of methoxy groups -OCH3 is 2. The number of nitrogens with zero attached hydrogens (tertiary/aromatic N) is 1.